The van der Waals surface area contributed by atoms with Crippen molar-refractivity contribution in [3.05, 3.63) is 29.8 Å². The number of ether oxygens (including phenoxy) is 2. The van der Waals surface area contributed by atoms with Gasteiger partial charge < -0.3 is 9.47 Å². The van der Waals surface area contributed by atoms with Gasteiger partial charge >= 0.3 is 0 Å². The number of rotatable bonds is 7. The van der Waals surface area contributed by atoms with Crippen LogP contribution in [0.2, 0.25) is 0 Å². The van der Waals surface area contributed by atoms with Crippen LogP contribution >= 0.6 is 0 Å². The molecule has 0 spiro atoms. The van der Waals surface area contributed by atoms with Crippen molar-refractivity contribution in [2.24, 2.45) is 0 Å². The summed E-state index contributed by atoms with van der Waals surface area (Å²) in [5.74, 6) is 0.971. The van der Waals surface area contributed by atoms with Gasteiger partial charge in [-0.1, -0.05) is 32.9 Å². The second kappa shape index (κ2) is 7.42. The van der Waals surface area contributed by atoms with Gasteiger partial charge in [-0.15, -0.1) is 0 Å². The summed E-state index contributed by atoms with van der Waals surface area (Å²) in [4.78, 5) is 0. The molecule has 0 heterocycles. The average molecular weight is 250 g/mol. The largest absolute Gasteiger partial charge is 0.494 e. The molecule has 0 N–H and O–H groups in total. The zero-order valence-corrected chi connectivity index (χ0v) is 12.2. The Kier molecular flexibility index (Phi) is 6.20. The molecule has 0 saturated carbocycles. The van der Waals surface area contributed by atoms with Crippen molar-refractivity contribution in [2.75, 3.05) is 19.8 Å². The Hall–Kier alpha value is -1.02. The average Bonchev–Trinajstić information content (AvgIpc) is 2.33. The summed E-state index contributed by atoms with van der Waals surface area (Å²) >= 11 is 0. The first-order valence-corrected chi connectivity index (χ1v) is 6.85. The number of hydrogen-bond donors (Lipinski definition) is 0. The van der Waals surface area contributed by atoms with E-state index in [0.717, 1.165) is 38.4 Å². The predicted molar refractivity (Wildman–Crippen MR) is 76.4 cm³/mol. The van der Waals surface area contributed by atoms with E-state index in [1.807, 2.05) is 13.0 Å². The molecule has 0 aliphatic carbocycles. The van der Waals surface area contributed by atoms with Gasteiger partial charge in [0.15, 0.2) is 0 Å². The molecule has 1 aromatic rings. The van der Waals surface area contributed by atoms with Crippen molar-refractivity contribution in [1.29, 1.82) is 0 Å². The quantitative estimate of drug-likeness (QED) is 0.676. The minimum absolute atomic E-state index is 0.175. The Labute approximate surface area is 111 Å². The van der Waals surface area contributed by atoms with Crippen LogP contribution in [0.25, 0.3) is 0 Å². The van der Waals surface area contributed by atoms with Gasteiger partial charge in [0.1, 0.15) is 5.75 Å². The van der Waals surface area contributed by atoms with Gasteiger partial charge in [-0.3, -0.25) is 0 Å². The highest BCUT2D eigenvalue weighted by molar-refractivity contribution is 5.32. The standard InChI is InChI=1S/C16H26O2/c1-5-17-11-6-7-12-18-15-10-8-9-14(13-15)16(2,3)4/h8-10,13H,5-7,11-12H2,1-4H3. The molecule has 1 rings (SSSR count). The molecule has 0 amide bonds. The van der Waals surface area contributed by atoms with E-state index in [1.54, 1.807) is 0 Å². The Bertz CT molecular complexity index is 339. The second-order valence-corrected chi connectivity index (χ2v) is 5.53. The molecule has 2 heteroatoms. The predicted octanol–water partition coefficient (Wildman–Crippen LogP) is 4.18. The Morgan fingerprint density at radius 3 is 2.44 bits per heavy atom. The third-order valence-electron chi connectivity index (χ3n) is 2.86. The van der Waals surface area contributed by atoms with E-state index in [0.29, 0.717) is 0 Å². The Balaban J connectivity index is 2.34. The second-order valence-electron chi connectivity index (χ2n) is 5.53. The summed E-state index contributed by atoms with van der Waals surface area (Å²) in [6.07, 6.45) is 2.10. The van der Waals surface area contributed by atoms with Crippen molar-refractivity contribution < 1.29 is 9.47 Å². The van der Waals surface area contributed by atoms with E-state index >= 15 is 0 Å². The molecule has 18 heavy (non-hydrogen) atoms. The number of unbranched alkanes of at least 4 members (excludes halogenated alkanes) is 1. The lowest BCUT2D eigenvalue weighted by atomic mass is 9.87. The molecule has 0 saturated heterocycles. The molecular weight excluding hydrogens is 224 g/mol. The summed E-state index contributed by atoms with van der Waals surface area (Å²) in [5, 5.41) is 0. The first kappa shape index (κ1) is 15.0. The third-order valence-corrected chi connectivity index (χ3v) is 2.86. The van der Waals surface area contributed by atoms with Crippen molar-refractivity contribution in [2.45, 2.75) is 46.0 Å². The minimum atomic E-state index is 0.175. The van der Waals surface area contributed by atoms with Crippen molar-refractivity contribution >= 4 is 0 Å². The summed E-state index contributed by atoms with van der Waals surface area (Å²) < 4.78 is 11.1. The van der Waals surface area contributed by atoms with Crippen LogP contribution in [-0.2, 0) is 10.2 Å². The molecule has 0 fully saturated rings. The van der Waals surface area contributed by atoms with Gasteiger partial charge in [0.25, 0.3) is 0 Å². The lowest BCUT2D eigenvalue weighted by molar-refractivity contribution is 0.138. The van der Waals surface area contributed by atoms with E-state index in [-0.39, 0.29) is 5.41 Å². The first-order valence-electron chi connectivity index (χ1n) is 6.85. The highest BCUT2D eigenvalue weighted by Crippen LogP contribution is 2.25. The number of benzene rings is 1. The topological polar surface area (TPSA) is 18.5 Å². The van der Waals surface area contributed by atoms with Crippen molar-refractivity contribution in [3.63, 3.8) is 0 Å². The summed E-state index contributed by atoms with van der Waals surface area (Å²) in [6, 6.07) is 8.39. The molecule has 0 unspecified atom stereocenters. The third kappa shape index (κ3) is 5.54. The minimum Gasteiger partial charge on any atom is -0.494 e. The fourth-order valence-electron chi connectivity index (χ4n) is 1.69. The van der Waals surface area contributed by atoms with E-state index in [9.17, 15) is 0 Å². The zero-order valence-electron chi connectivity index (χ0n) is 12.2. The van der Waals surface area contributed by atoms with Crippen LogP contribution in [0.3, 0.4) is 0 Å². The van der Waals surface area contributed by atoms with Crippen LogP contribution < -0.4 is 4.74 Å². The van der Waals surface area contributed by atoms with Gasteiger partial charge in [0, 0.05) is 13.2 Å². The molecule has 0 radical (unpaired) electrons. The van der Waals surface area contributed by atoms with E-state index < -0.39 is 0 Å². The van der Waals surface area contributed by atoms with Crippen LogP contribution in [0.15, 0.2) is 24.3 Å². The lowest BCUT2D eigenvalue weighted by Gasteiger charge is -2.19. The molecule has 0 aromatic heterocycles. The highest BCUT2D eigenvalue weighted by atomic mass is 16.5. The smallest absolute Gasteiger partial charge is 0.119 e. The van der Waals surface area contributed by atoms with E-state index in [2.05, 4.69) is 39.0 Å². The summed E-state index contributed by atoms with van der Waals surface area (Å²) in [6.45, 7) is 11.1. The molecule has 2 nitrogen and oxygen atoms in total. The van der Waals surface area contributed by atoms with Crippen molar-refractivity contribution in [3.8, 4) is 5.75 Å². The monoisotopic (exact) mass is 250 g/mol. The highest BCUT2D eigenvalue weighted by Gasteiger charge is 2.13. The lowest BCUT2D eigenvalue weighted by Crippen LogP contribution is -2.11. The zero-order chi connectivity index (χ0) is 13.4. The summed E-state index contributed by atoms with van der Waals surface area (Å²) in [7, 11) is 0. The summed E-state index contributed by atoms with van der Waals surface area (Å²) in [5.41, 5.74) is 1.49. The molecule has 0 aliphatic rings. The van der Waals surface area contributed by atoms with Gasteiger partial charge in [-0.05, 0) is 42.9 Å². The molecule has 0 atom stereocenters. The van der Waals surface area contributed by atoms with Crippen LogP contribution in [0.5, 0.6) is 5.75 Å². The van der Waals surface area contributed by atoms with Crippen LogP contribution in [0.4, 0.5) is 0 Å². The fourth-order valence-corrected chi connectivity index (χ4v) is 1.69. The van der Waals surface area contributed by atoms with E-state index in [4.69, 9.17) is 9.47 Å². The van der Waals surface area contributed by atoms with Crippen LogP contribution in [-0.4, -0.2) is 19.8 Å². The van der Waals surface area contributed by atoms with Crippen molar-refractivity contribution in [1.82, 2.24) is 0 Å². The molecule has 102 valence electrons. The number of hydrogen-bond acceptors (Lipinski definition) is 2. The van der Waals surface area contributed by atoms with Gasteiger partial charge in [0.2, 0.25) is 0 Å². The molecule has 1 aromatic carbocycles. The Morgan fingerprint density at radius 2 is 1.78 bits per heavy atom. The SMILES string of the molecule is CCOCCCCOc1cccc(C(C)(C)C)c1. The van der Waals surface area contributed by atoms with Crippen LogP contribution in [0, 0.1) is 0 Å². The fraction of sp³-hybridized carbons (Fsp3) is 0.625. The molecular formula is C16H26O2. The Morgan fingerprint density at radius 1 is 1.06 bits per heavy atom. The van der Waals surface area contributed by atoms with Gasteiger partial charge in [-0.25, -0.2) is 0 Å². The van der Waals surface area contributed by atoms with E-state index in [1.165, 1.54) is 5.56 Å². The van der Waals surface area contributed by atoms with Gasteiger partial charge in [0.05, 0.1) is 6.61 Å². The normalized spacial score (nSPS) is 11.6. The van der Waals surface area contributed by atoms with Gasteiger partial charge in [-0.2, -0.15) is 0 Å². The maximum absolute atomic E-state index is 5.77. The molecule has 0 bridgehead atoms. The first-order chi connectivity index (χ1) is 8.54. The maximum Gasteiger partial charge on any atom is 0.119 e. The maximum atomic E-state index is 5.77. The van der Waals surface area contributed by atoms with Crippen LogP contribution in [0.1, 0.15) is 46.1 Å². The molecule has 0 aliphatic heterocycles.